The number of hydrogen-bond acceptors (Lipinski definition) is 6. The van der Waals surface area contributed by atoms with Gasteiger partial charge < -0.3 is 9.64 Å². The Labute approximate surface area is 232 Å². The summed E-state index contributed by atoms with van der Waals surface area (Å²) < 4.78 is 5.78. The molecule has 0 unspecified atom stereocenters. The molecule has 0 aliphatic heterocycles. The summed E-state index contributed by atoms with van der Waals surface area (Å²) >= 11 is 12.1. The van der Waals surface area contributed by atoms with Crippen molar-refractivity contribution in [2.75, 3.05) is 11.9 Å². The first kappa shape index (κ1) is 27.9. The molecule has 0 atom stereocenters. The number of halogens is 2. The van der Waals surface area contributed by atoms with Gasteiger partial charge in [0.1, 0.15) is 5.75 Å². The quantitative estimate of drug-likeness (QED) is 0.362. The Hall–Kier alpha value is -3.17. The average Bonchev–Trinajstić information content (AvgIpc) is 3.41. The predicted molar refractivity (Wildman–Crippen MR) is 146 cm³/mol. The van der Waals surface area contributed by atoms with Gasteiger partial charge in [0.2, 0.25) is 0 Å². The van der Waals surface area contributed by atoms with E-state index < -0.39 is 0 Å². The lowest BCUT2D eigenvalue weighted by molar-refractivity contribution is -0.137. The Balaban J connectivity index is 1.45. The average molecular weight is 559 g/mol. The van der Waals surface area contributed by atoms with Crippen molar-refractivity contribution in [3.63, 3.8) is 0 Å². The summed E-state index contributed by atoms with van der Waals surface area (Å²) in [5.41, 5.74) is 1.61. The zero-order chi connectivity index (χ0) is 27.3. The second-order valence-electron chi connectivity index (χ2n) is 10.6. The number of amides is 2. The fourth-order valence-electron chi connectivity index (χ4n) is 4.82. The number of hydrogen-bond donors (Lipinski definition) is 2. The third-order valence-electron chi connectivity index (χ3n) is 7.08. The standard InChI is InChI=1S/C27H32Cl2N6O3/c1-27(2,3)19-8-10-20(11-9-19)35(24(36)16-38-21-12-13-22(28)23(29)14-21)15-17-4-6-18(7-5-17)25(37)30-26-31-33-34-32-26/h4-7,12-14,19-20H,8-11,15-16H2,1-3H3,(H2,30,31,32,33,34,37). The van der Waals surface area contributed by atoms with E-state index in [1.54, 1.807) is 30.3 Å². The van der Waals surface area contributed by atoms with Crippen LogP contribution in [0.15, 0.2) is 42.5 Å². The monoisotopic (exact) mass is 558 g/mol. The van der Waals surface area contributed by atoms with Crippen molar-refractivity contribution in [1.29, 1.82) is 0 Å². The number of H-pyrrole nitrogens is 1. The number of aromatic amines is 1. The van der Waals surface area contributed by atoms with E-state index in [1.165, 1.54) is 0 Å². The number of nitrogens with zero attached hydrogens (tertiary/aromatic N) is 4. The highest BCUT2D eigenvalue weighted by molar-refractivity contribution is 6.42. The molecule has 1 aromatic heterocycles. The van der Waals surface area contributed by atoms with Crippen molar-refractivity contribution < 1.29 is 14.3 Å². The summed E-state index contributed by atoms with van der Waals surface area (Å²) in [6, 6.07) is 12.2. The van der Waals surface area contributed by atoms with Gasteiger partial charge in [-0.3, -0.25) is 14.9 Å². The molecule has 11 heteroatoms. The molecule has 1 heterocycles. The molecular formula is C27H32Cl2N6O3. The first-order valence-corrected chi connectivity index (χ1v) is 13.4. The highest BCUT2D eigenvalue weighted by Crippen LogP contribution is 2.39. The molecule has 9 nitrogen and oxygen atoms in total. The Morgan fingerprint density at radius 2 is 1.76 bits per heavy atom. The summed E-state index contributed by atoms with van der Waals surface area (Å²) in [7, 11) is 0. The largest absolute Gasteiger partial charge is 0.484 e. The van der Waals surface area contributed by atoms with Crippen LogP contribution in [0.3, 0.4) is 0 Å². The van der Waals surface area contributed by atoms with Crippen molar-refractivity contribution in [3.8, 4) is 5.75 Å². The molecule has 4 rings (SSSR count). The van der Waals surface area contributed by atoms with Gasteiger partial charge in [0, 0.05) is 24.2 Å². The second-order valence-corrected chi connectivity index (χ2v) is 11.5. The molecule has 2 N–H and O–H groups in total. The summed E-state index contributed by atoms with van der Waals surface area (Å²) in [5, 5.41) is 16.5. The molecule has 1 aliphatic carbocycles. The maximum atomic E-state index is 13.5. The van der Waals surface area contributed by atoms with Crippen LogP contribution in [0, 0.1) is 11.3 Å². The third-order valence-corrected chi connectivity index (χ3v) is 7.81. The third kappa shape index (κ3) is 7.23. The smallest absolute Gasteiger partial charge is 0.270 e. The molecule has 3 aromatic rings. The van der Waals surface area contributed by atoms with Crippen LogP contribution in [0.4, 0.5) is 5.95 Å². The molecule has 1 saturated carbocycles. The zero-order valence-electron chi connectivity index (χ0n) is 21.7. The van der Waals surface area contributed by atoms with Crippen LogP contribution in [0.1, 0.15) is 62.4 Å². The lowest BCUT2D eigenvalue weighted by Gasteiger charge is -2.41. The molecule has 0 radical (unpaired) electrons. The van der Waals surface area contributed by atoms with E-state index in [-0.39, 0.29) is 35.8 Å². The number of anilines is 1. The highest BCUT2D eigenvalue weighted by Gasteiger charge is 2.33. The molecule has 0 saturated heterocycles. The molecule has 2 amide bonds. The minimum Gasteiger partial charge on any atom is -0.484 e. The van der Waals surface area contributed by atoms with Crippen LogP contribution in [-0.2, 0) is 11.3 Å². The summed E-state index contributed by atoms with van der Waals surface area (Å²) in [5.74, 6) is 0.764. The van der Waals surface area contributed by atoms with Gasteiger partial charge >= 0.3 is 0 Å². The van der Waals surface area contributed by atoms with Gasteiger partial charge in [-0.15, -0.1) is 5.10 Å². The Morgan fingerprint density at radius 1 is 1.05 bits per heavy atom. The fraction of sp³-hybridized carbons (Fsp3) is 0.444. The number of carbonyl (C=O) groups is 2. The molecule has 0 bridgehead atoms. The van der Waals surface area contributed by atoms with Crippen LogP contribution in [-0.4, -0.2) is 50.0 Å². The number of aromatic nitrogens is 4. The number of rotatable bonds is 8. The number of ether oxygens (including phenoxy) is 1. The van der Waals surface area contributed by atoms with Crippen molar-refractivity contribution in [3.05, 3.63) is 63.6 Å². The second kappa shape index (κ2) is 12.1. The van der Waals surface area contributed by atoms with Gasteiger partial charge in [-0.25, -0.2) is 0 Å². The van der Waals surface area contributed by atoms with Crippen molar-refractivity contribution in [1.82, 2.24) is 25.5 Å². The van der Waals surface area contributed by atoms with E-state index >= 15 is 0 Å². The van der Waals surface area contributed by atoms with E-state index in [4.69, 9.17) is 27.9 Å². The summed E-state index contributed by atoms with van der Waals surface area (Å²) in [6.07, 6.45) is 4.01. The first-order valence-electron chi connectivity index (χ1n) is 12.6. The normalized spacial score (nSPS) is 17.6. The highest BCUT2D eigenvalue weighted by atomic mass is 35.5. The van der Waals surface area contributed by atoms with E-state index in [9.17, 15) is 9.59 Å². The summed E-state index contributed by atoms with van der Waals surface area (Å²) in [4.78, 5) is 27.8. The fourth-order valence-corrected chi connectivity index (χ4v) is 5.10. The maximum Gasteiger partial charge on any atom is 0.270 e. The molecule has 1 aliphatic rings. The minimum absolute atomic E-state index is 0.101. The van der Waals surface area contributed by atoms with Gasteiger partial charge in [-0.1, -0.05) is 61.2 Å². The van der Waals surface area contributed by atoms with Crippen molar-refractivity contribution in [2.24, 2.45) is 11.3 Å². The number of nitrogens with one attached hydrogen (secondary N) is 2. The van der Waals surface area contributed by atoms with Crippen molar-refractivity contribution in [2.45, 2.75) is 59.0 Å². The van der Waals surface area contributed by atoms with E-state index in [0.717, 1.165) is 31.2 Å². The number of benzene rings is 2. The van der Waals surface area contributed by atoms with E-state index in [0.29, 0.717) is 33.8 Å². The molecule has 2 aromatic carbocycles. The van der Waals surface area contributed by atoms with Gasteiger partial charge in [-0.2, -0.15) is 5.21 Å². The Bertz CT molecular complexity index is 1240. The first-order chi connectivity index (χ1) is 18.1. The molecule has 202 valence electrons. The minimum atomic E-state index is -0.346. The van der Waals surface area contributed by atoms with Crippen LogP contribution in [0.25, 0.3) is 0 Å². The zero-order valence-corrected chi connectivity index (χ0v) is 23.2. The topological polar surface area (TPSA) is 113 Å². The van der Waals surface area contributed by atoms with Crippen molar-refractivity contribution >= 4 is 41.0 Å². The SMILES string of the molecule is CC(C)(C)C1CCC(N(Cc2ccc(C(=O)Nc3nn[nH]n3)cc2)C(=O)COc2ccc(Cl)c(Cl)c2)CC1. The van der Waals surface area contributed by atoms with Crippen LogP contribution in [0.5, 0.6) is 5.75 Å². The molecule has 1 fully saturated rings. The van der Waals surface area contributed by atoms with E-state index in [1.807, 2.05) is 17.0 Å². The van der Waals surface area contributed by atoms with E-state index in [2.05, 4.69) is 46.7 Å². The predicted octanol–water partition coefficient (Wildman–Crippen LogP) is 5.77. The van der Waals surface area contributed by atoms with Crippen LogP contribution in [0.2, 0.25) is 10.0 Å². The van der Waals surface area contributed by atoms with Gasteiger partial charge in [0.25, 0.3) is 17.8 Å². The lowest BCUT2D eigenvalue weighted by Crippen LogP contribution is -2.45. The molecule has 38 heavy (non-hydrogen) atoms. The Morgan fingerprint density at radius 3 is 2.37 bits per heavy atom. The summed E-state index contributed by atoms with van der Waals surface area (Å²) in [6.45, 7) is 7.15. The van der Waals surface area contributed by atoms with Gasteiger partial charge in [0.05, 0.1) is 10.0 Å². The van der Waals surface area contributed by atoms with Crippen LogP contribution >= 0.6 is 23.2 Å². The Kier molecular flexibility index (Phi) is 8.89. The lowest BCUT2D eigenvalue weighted by atomic mass is 9.71. The molecular weight excluding hydrogens is 527 g/mol. The number of carbonyl (C=O) groups excluding carboxylic acids is 2. The molecule has 0 spiro atoms. The van der Waals surface area contributed by atoms with Crippen LogP contribution < -0.4 is 10.1 Å². The van der Waals surface area contributed by atoms with Gasteiger partial charge in [0.15, 0.2) is 6.61 Å². The van der Waals surface area contributed by atoms with Gasteiger partial charge in [-0.05, 0) is 72.1 Å². The maximum absolute atomic E-state index is 13.5. The number of tetrazole rings is 1.